The Kier molecular flexibility index (Phi) is 9.14. The van der Waals surface area contributed by atoms with Crippen molar-refractivity contribution in [1.82, 2.24) is 0 Å². The number of carboxylic acids is 1. The fourth-order valence-electron chi connectivity index (χ4n) is 2.37. The number of aliphatic carboxylic acids is 1. The third kappa shape index (κ3) is 9.33. The maximum atomic E-state index is 10.9. The molecule has 0 spiro atoms. The summed E-state index contributed by atoms with van der Waals surface area (Å²) >= 11 is 0. The Labute approximate surface area is 160 Å². The van der Waals surface area contributed by atoms with Crippen molar-refractivity contribution in [3.8, 4) is 0 Å². The zero-order valence-electron chi connectivity index (χ0n) is 15.6. The molecule has 148 valence electrons. The van der Waals surface area contributed by atoms with Crippen LogP contribution in [0.15, 0.2) is 59.5 Å². The Hall–Kier alpha value is -2.22. The Morgan fingerprint density at radius 2 is 1.44 bits per heavy atom. The van der Waals surface area contributed by atoms with Gasteiger partial charge >= 0.3 is 5.97 Å². The van der Waals surface area contributed by atoms with Crippen molar-refractivity contribution in [3.05, 3.63) is 65.7 Å². The van der Waals surface area contributed by atoms with Crippen molar-refractivity contribution in [2.45, 2.75) is 44.0 Å². The third-order valence-corrected chi connectivity index (χ3v) is 4.68. The summed E-state index contributed by atoms with van der Waals surface area (Å²) in [5.74, 6) is -0.556. The molecule has 0 fully saturated rings. The van der Waals surface area contributed by atoms with Crippen LogP contribution in [0.3, 0.4) is 0 Å². The molecule has 0 aliphatic rings. The minimum absolute atomic E-state index is 0.0639. The highest BCUT2D eigenvalue weighted by atomic mass is 32.2. The topological polar surface area (TPSA) is 118 Å². The first kappa shape index (κ1) is 22.8. The lowest BCUT2D eigenvalue weighted by atomic mass is 10.0. The second kappa shape index (κ2) is 10.8. The van der Waals surface area contributed by atoms with Crippen LogP contribution in [0.5, 0.6) is 0 Å². The molecular formula is C20H27NO5S. The summed E-state index contributed by atoms with van der Waals surface area (Å²) < 4.78 is 30.6. The molecule has 1 atom stereocenters. The Balaban J connectivity index is 0.000000345. The summed E-state index contributed by atoms with van der Waals surface area (Å²) in [4.78, 5) is 10.0. The van der Waals surface area contributed by atoms with E-state index < -0.39 is 22.1 Å². The highest BCUT2D eigenvalue weighted by molar-refractivity contribution is 7.85. The molecule has 2 aromatic carbocycles. The van der Waals surface area contributed by atoms with E-state index in [2.05, 4.69) is 12.1 Å². The van der Waals surface area contributed by atoms with Gasteiger partial charge in [-0.1, -0.05) is 56.3 Å². The molecule has 4 N–H and O–H groups in total. The minimum Gasteiger partial charge on any atom is -0.480 e. The van der Waals surface area contributed by atoms with Crippen LogP contribution in [0.1, 0.15) is 31.4 Å². The molecular weight excluding hydrogens is 366 g/mol. The highest BCUT2D eigenvalue weighted by Gasteiger charge is 2.12. The number of hydrogen-bond acceptors (Lipinski definition) is 4. The van der Waals surface area contributed by atoms with Gasteiger partial charge in [-0.15, -0.1) is 0 Å². The second-order valence-corrected chi connectivity index (χ2v) is 8.10. The van der Waals surface area contributed by atoms with Crippen LogP contribution in [0.4, 0.5) is 0 Å². The number of aryl methyl sites for hydroxylation is 2. The molecule has 2 rings (SSSR count). The molecule has 0 aromatic heterocycles. The molecule has 0 saturated carbocycles. The van der Waals surface area contributed by atoms with Gasteiger partial charge in [-0.3, -0.25) is 9.35 Å². The van der Waals surface area contributed by atoms with E-state index in [1.54, 1.807) is 12.1 Å². The molecule has 0 saturated heterocycles. The van der Waals surface area contributed by atoms with E-state index in [4.69, 9.17) is 15.4 Å². The molecule has 0 unspecified atom stereocenters. The molecule has 0 bridgehead atoms. The van der Waals surface area contributed by atoms with Crippen molar-refractivity contribution in [3.63, 3.8) is 0 Å². The monoisotopic (exact) mass is 393 g/mol. The first-order valence-corrected chi connectivity index (χ1v) is 10.1. The molecule has 0 amide bonds. The van der Waals surface area contributed by atoms with Crippen LogP contribution in [-0.4, -0.2) is 30.1 Å². The summed E-state index contributed by atoms with van der Waals surface area (Å²) in [6.07, 6.45) is 2.30. The summed E-state index contributed by atoms with van der Waals surface area (Å²) in [6.45, 7) is 3.89. The largest absolute Gasteiger partial charge is 0.480 e. The molecule has 0 heterocycles. The van der Waals surface area contributed by atoms with Crippen LogP contribution in [0, 0.1) is 5.92 Å². The SMILES string of the molecule is CC(C)C[C@H](N)C(=O)O.O=S(=O)(O)c1ccc(CCc2ccccc2)cc1. The zero-order chi connectivity index (χ0) is 20.4. The van der Waals surface area contributed by atoms with Crippen molar-refractivity contribution in [1.29, 1.82) is 0 Å². The smallest absolute Gasteiger partial charge is 0.320 e. The van der Waals surface area contributed by atoms with E-state index in [-0.39, 0.29) is 4.90 Å². The number of nitrogens with two attached hydrogens (primary N) is 1. The van der Waals surface area contributed by atoms with Gasteiger partial charge < -0.3 is 10.8 Å². The molecule has 0 aliphatic heterocycles. The fraction of sp³-hybridized carbons (Fsp3) is 0.350. The van der Waals surface area contributed by atoms with Gasteiger partial charge in [-0.25, -0.2) is 0 Å². The number of hydrogen-bond donors (Lipinski definition) is 3. The van der Waals surface area contributed by atoms with E-state index in [1.165, 1.54) is 17.7 Å². The van der Waals surface area contributed by atoms with Crippen LogP contribution < -0.4 is 5.73 Å². The molecule has 6 nitrogen and oxygen atoms in total. The van der Waals surface area contributed by atoms with Crippen LogP contribution >= 0.6 is 0 Å². The van der Waals surface area contributed by atoms with Gasteiger partial charge in [0.2, 0.25) is 0 Å². The lowest BCUT2D eigenvalue weighted by molar-refractivity contribution is -0.138. The van der Waals surface area contributed by atoms with Gasteiger partial charge in [-0.05, 0) is 48.4 Å². The van der Waals surface area contributed by atoms with Gasteiger partial charge in [0.15, 0.2) is 0 Å². The lowest BCUT2D eigenvalue weighted by Gasteiger charge is -2.07. The Morgan fingerprint density at radius 1 is 0.963 bits per heavy atom. The predicted octanol–water partition coefficient (Wildman–Crippen LogP) is 3.16. The molecule has 2 aromatic rings. The van der Waals surface area contributed by atoms with Crippen LogP contribution in [0.25, 0.3) is 0 Å². The standard InChI is InChI=1S/C14H14O3S.C6H13NO2/c15-18(16,17)14-10-8-13(9-11-14)7-6-12-4-2-1-3-5-12;1-4(2)3-5(7)6(8)9/h1-5,8-11H,6-7H2,(H,15,16,17);4-5H,3,7H2,1-2H3,(H,8,9)/t;5-/m.0/s1. The number of benzene rings is 2. The van der Waals surface area contributed by atoms with Gasteiger partial charge in [0.05, 0.1) is 4.90 Å². The summed E-state index contributed by atoms with van der Waals surface area (Å²) in [5.41, 5.74) is 7.51. The highest BCUT2D eigenvalue weighted by Crippen LogP contribution is 2.12. The number of carboxylic acid groups (broad SMARTS) is 1. The first-order valence-electron chi connectivity index (χ1n) is 8.68. The maximum Gasteiger partial charge on any atom is 0.320 e. The van der Waals surface area contributed by atoms with E-state index in [1.807, 2.05) is 32.0 Å². The quantitative estimate of drug-likeness (QED) is 0.622. The predicted molar refractivity (Wildman–Crippen MR) is 105 cm³/mol. The van der Waals surface area contributed by atoms with Gasteiger partial charge in [-0.2, -0.15) is 8.42 Å². The summed E-state index contributed by atoms with van der Waals surface area (Å²) in [7, 11) is -4.09. The van der Waals surface area contributed by atoms with Crippen molar-refractivity contribution < 1.29 is 22.9 Å². The third-order valence-electron chi connectivity index (χ3n) is 3.81. The number of carbonyl (C=O) groups is 1. The summed E-state index contributed by atoms with van der Waals surface area (Å²) in [5, 5.41) is 8.31. The van der Waals surface area contributed by atoms with Gasteiger partial charge in [0.25, 0.3) is 10.1 Å². The maximum absolute atomic E-state index is 10.9. The van der Waals surface area contributed by atoms with E-state index in [9.17, 15) is 13.2 Å². The fourth-order valence-corrected chi connectivity index (χ4v) is 2.85. The number of rotatable bonds is 7. The average molecular weight is 394 g/mol. The molecule has 0 aliphatic carbocycles. The summed E-state index contributed by atoms with van der Waals surface area (Å²) in [6, 6.07) is 15.7. The second-order valence-electron chi connectivity index (χ2n) is 6.68. The Bertz CT molecular complexity index is 802. The Morgan fingerprint density at radius 3 is 1.81 bits per heavy atom. The normalized spacial score (nSPS) is 12.2. The van der Waals surface area contributed by atoms with E-state index >= 15 is 0 Å². The van der Waals surface area contributed by atoms with Crippen LogP contribution in [-0.2, 0) is 27.8 Å². The van der Waals surface area contributed by atoms with Gasteiger partial charge in [0, 0.05) is 0 Å². The van der Waals surface area contributed by atoms with Crippen molar-refractivity contribution in [2.75, 3.05) is 0 Å². The first-order chi connectivity index (χ1) is 12.6. The lowest BCUT2D eigenvalue weighted by Crippen LogP contribution is -2.31. The van der Waals surface area contributed by atoms with E-state index in [0.717, 1.165) is 18.4 Å². The zero-order valence-corrected chi connectivity index (χ0v) is 16.4. The minimum atomic E-state index is -4.09. The van der Waals surface area contributed by atoms with Crippen molar-refractivity contribution in [2.24, 2.45) is 11.7 Å². The average Bonchev–Trinajstić information content (AvgIpc) is 2.60. The molecule has 7 heteroatoms. The van der Waals surface area contributed by atoms with Crippen molar-refractivity contribution >= 4 is 16.1 Å². The van der Waals surface area contributed by atoms with E-state index in [0.29, 0.717) is 12.3 Å². The van der Waals surface area contributed by atoms with Gasteiger partial charge in [0.1, 0.15) is 6.04 Å². The molecule has 0 radical (unpaired) electrons. The molecule has 27 heavy (non-hydrogen) atoms. The van der Waals surface area contributed by atoms with Crippen LogP contribution in [0.2, 0.25) is 0 Å².